The van der Waals surface area contributed by atoms with Crippen molar-refractivity contribution in [2.45, 2.75) is 39.0 Å². The summed E-state index contributed by atoms with van der Waals surface area (Å²) < 4.78 is 14.8. The van der Waals surface area contributed by atoms with Crippen molar-refractivity contribution in [3.05, 3.63) is 78.2 Å². The van der Waals surface area contributed by atoms with Crippen molar-refractivity contribution in [2.75, 3.05) is 37.8 Å². The topological polar surface area (TPSA) is 115 Å². The normalized spacial score (nSPS) is 13.6. The second kappa shape index (κ2) is 13.0. The molecule has 0 radical (unpaired) electrons. The Kier molecular flexibility index (Phi) is 8.43. The molecule has 0 unspecified atom stereocenters. The third kappa shape index (κ3) is 6.46. The Morgan fingerprint density at radius 1 is 1.00 bits per heavy atom. The van der Waals surface area contributed by atoms with E-state index in [1.54, 1.807) is 0 Å². The highest BCUT2D eigenvalue weighted by Crippen LogP contribution is 2.35. The summed E-state index contributed by atoms with van der Waals surface area (Å²) in [7, 11) is 4.01. The molecule has 1 aliphatic rings. The number of pyridine rings is 1. The number of para-hydroxylation sites is 1. The van der Waals surface area contributed by atoms with Gasteiger partial charge in [-0.05, 0) is 92.5 Å². The zero-order chi connectivity index (χ0) is 32.5. The fourth-order valence-electron chi connectivity index (χ4n) is 6.46. The highest BCUT2D eigenvalue weighted by Gasteiger charge is 2.23. The molecule has 6 aromatic rings. The molecule has 1 aliphatic carbocycles. The fourth-order valence-corrected chi connectivity index (χ4v) is 6.46. The van der Waals surface area contributed by atoms with Gasteiger partial charge in [-0.1, -0.05) is 38.0 Å². The van der Waals surface area contributed by atoms with Crippen LogP contribution in [0.3, 0.4) is 0 Å². The van der Waals surface area contributed by atoms with E-state index in [2.05, 4.69) is 60.8 Å². The Labute approximate surface area is 273 Å². The highest BCUT2D eigenvalue weighted by atomic mass is 19.1. The van der Waals surface area contributed by atoms with Crippen LogP contribution in [0.4, 0.5) is 15.8 Å². The van der Waals surface area contributed by atoms with Crippen LogP contribution < -0.4 is 10.6 Å². The summed E-state index contributed by atoms with van der Waals surface area (Å²) in [6.45, 7) is 3.65. The Morgan fingerprint density at radius 3 is 2.64 bits per heavy atom. The third-order valence-electron chi connectivity index (χ3n) is 8.98. The first kappa shape index (κ1) is 30.6. The van der Waals surface area contributed by atoms with Gasteiger partial charge in [0.05, 0.1) is 16.4 Å². The molecule has 3 aromatic carbocycles. The van der Waals surface area contributed by atoms with Crippen molar-refractivity contribution in [3.8, 4) is 33.8 Å². The van der Waals surface area contributed by atoms with Crippen molar-refractivity contribution >= 4 is 39.3 Å². The molecule has 47 heavy (non-hydrogen) atoms. The number of H-pyrrole nitrogens is 2. The molecule has 1 amide bonds. The number of aromatic amines is 2. The molecule has 1 saturated carbocycles. The van der Waals surface area contributed by atoms with Crippen molar-refractivity contribution in [3.63, 3.8) is 0 Å². The smallest absolute Gasteiger partial charge is 0.227 e. The van der Waals surface area contributed by atoms with Crippen LogP contribution in [0.5, 0.6) is 0 Å². The number of aromatic nitrogens is 5. The van der Waals surface area contributed by atoms with Gasteiger partial charge in [0.25, 0.3) is 0 Å². The lowest BCUT2D eigenvalue weighted by atomic mass is 10.0. The molecule has 7 rings (SSSR count). The average Bonchev–Trinajstić information content (AvgIpc) is 3.83. The molecule has 10 heteroatoms. The molecule has 3 aromatic heterocycles. The summed E-state index contributed by atoms with van der Waals surface area (Å²) >= 11 is 0. The molecular formula is C37H39FN8O. The highest BCUT2D eigenvalue weighted by molar-refractivity contribution is 5.98. The number of likely N-dealkylation sites (N-methyl/N-ethyl adjacent to an activating group) is 1. The van der Waals surface area contributed by atoms with Crippen molar-refractivity contribution < 1.29 is 9.18 Å². The van der Waals surface area contributed by atoms with E-state index < -0.39 is 0 Å². The summed E-state index contributed by atoms with van der Waals surface area (Å²) in [5.41, 5.74) is 8.97. The number of benzene rings is 3. The van der Waals surface area contributed by atoms with Crippen LogP contribution in [0.1, 0.15) is 38.2 Å². The number of amides is 1. The maximum absolute atomic E-state index is 14.8. The van der Waals surface area contributed by atoms with Crippen LogP contribution in [0.15, 0.2) is 66.9 Å². The number of hydrogen-bond acceptors (Lipinski definition) is 6. The second-order valence-corrected chi connectivity index (χ2v) is 12.7. The van der Waals surface area contributed by atoms with Gasteiger partial charge in [0.1, 0.15) is 11.5 Å². The van der Waals surface area contributed by atoms with E-state index in [0.29, 0.717) is 23.7 Å². The van der Waals surface area contributed by atoms with E-state index in [-0.39, 0.29) is 17.6 Å². The first-order valence-electron chi connectivity index (χ1n) is 16.3. The van der Waals surface area contributed by atoms with E-state index in [0.717, 1.165) is 94.3 Å². The zero-order valence-corrected chi connectivity index (χ0v) is 27.0. The van der Waals surface area contributed by atoms with Gasteiger partial charge in [0, 0.05) is 47.7 Å². The number of carbonyl (C=O) groups excluding carboxylic acids is 1. The maximum atomic E-state index is 14.8. The summed E-state index contributed by atoms with van der Waals surface area (Å²) in [5, 5.41) is 14.9. The lowest BCUT2D eigenvalue weighted by Crippen LogP contribution is -2.20. The van der Waals surface area contributed by atoms with Crippen LogP contribution in [0.25, 0.3) is 55.8 Å². The summed E-state index contributed by atoms with van der Waals surface area (Å²) in [6.07, 6.45) is 6.80. The predicted octanol–water partition coefficient (Wildman–Crippen LogP) is 7.64. The van der Waals surface area contributed by atoms with Crippen molar-refractivity contribution in [1.29, 1.82) is 0 Å². The SMILES string of the molecule is CCc1cc(NC(=O)C2CCCC2)cc(-c2cnc3n[nH]c(-c4nc5c(-c6cc(F)cc(NCCN(C)C)c6)cccc5[nH]4)c3c2)c1. The van der Waals surface area contributed by atoms with Gasteiger partial charge in [-0.3, -0.25) is 9.89 Å². The van der Waals surface area contributed by atoms with E-state index >= 15 is 0 Å². The number of halogens is 1. The number of rotatable bonds is 10. The average molecular weight is 631 g/mol. The van der Waals surface area contributed by atoms with Crippen LogP contribution in [0, 0.1) is 11.7 Å². The van der Waals surface area contributed by atoms with Gasteiger partial charge in [-0.2, -0.15) is 5.10 Å². The molecule has 0 aliphatic heterocycles. The quantitative estimate of drug-likeness (QED) is 0.124. The number of nitrogens with one attached hydrogen (secondary N) is 4. The Hall–Kier alpha value is -5.09. The lowest BCUT2D eigenvalue weighted by molar-refractivity contribution is -0.119. The predicted molar refractivity (Wildman–Crippen MR) is 187 cm³/mol. The van der Waals surface area contributed by atoms with Gasteiger partial charge < -0.3 is 20.5 Å². The number of carbonyl (C=O) groups is 1. The number of nitrogens with zero attached hydrogens (tertiary/aromatic N) is 4. The minimum Gasteiger partial charge on any atom is -0.384 e. The van der Waals surface area contributed by atoms with Gasteiger partial charge in [-0.25, -0.2) is 14.4 Å². The van der Waals surface area contributed by atoms with Crippen LogP contribution >= 0.6 is 0 Å². The van der Waals surface area contributed by atoms with E-state index in [4.69, 9.17) is 4.98 Å². The third-order valence-corrected chi connectivity index (χ3v) is 8.98. The molecule has 0 bridgehead atoms. The van der Waals surface area contributed by atoms with E-state index in [9.17, 15) is 9.18 Å². The van der Waals surface area contributed by atoms with Crippen LogP contribution in [-0.2, 0) is 11.2 Å². The van der Waals surface area contributed by atoms with Gasteiger partial charge in [0.2, 0.25) is 5.91 Å². The van der Waals surface area contributed by atoms with Crippen molar-refractivity contribution in [1.82, 2.24) is 30.0 Å². The van der Waals surface area contributed by atoms with E-state index in [1.165, 1.54) is 12.1 Å². The summed E-state index contributed by atoms with van der Waals surface area (Å²) in [5.74, 6) is 0.495. The fraction of sp³-hybridized carbons (Fsp3) is 0.297. The largest absolute Gasteiger partial charge is 0.384 e. The summed E-state index contributed by atoms with van der Waals surface area (Å²) in [6, 6.07) is 19.1. The standard InChI is InChI=1S/C37H39FN8O/c1-4-22-14-24(17-29(15-22)41-37(47)23-8-5-6-9-23)26-19-31-34(44-45-35(31)40-21-26)36-42-32-11-7-10-30(33(32)43-36)25-16-27(38)20-28(18-25)39-12-13-46(2)3/h7,10-11,14-21,23,39H,4-6,8-9,12-13H2,1-3H3,(H,41,47)(H,42,43)(H,40,44,45). The number of imidazole rings is 1. The molecule has 3 heterocycles. The number of hydrogen-bond donors (Lipinski definition) is 4. The molecular weight excluding hydrogens is 591 g/mol. The van der Waals surface area contributed by atoms with Gasteiger partial charge >= 0.3 is 0 Å². The zero-order valence-electron chi connectivity index (χ0n) is 27.0. The minimum absolute atomic E-state index is 0.0901. The van der Waals surface area contributed by atoms with Gasteiger partial charge in [0.15, 0.2) is 11.5 Å². The molecule has 240 valence electrons. The number of fused-ring (bicyclic) bond motifs is 2. The monoisotopic (exact) mass is 630 g/mol. The molecule has 4 N–H and O–H groups in total. The molecule has 1 fully saturated rings. The Morgan fingerprint density at radius 2 is 1.83 bits per heavy atom. The summed E-state index contributed by atoms with van der Waals surface area (Å²) in [4.78, 5) is 28.1. The Bertz CT molecular complexity index is 2070. The first-order valence-corrected chi connectivity index (χ1v) is 16.3. The van der Waals surface area contributed by atoms with Crippen molar-refractivity contribution in [2.24, 2.45) is 5.92 Å². The second-order valence-electron chi connectivity index (χ2n) is 12.7. The molecule has 0 spiro atoms. The maximum Gasteiger partial charge on any atom is 0.227 e. The molecule has 0 saturated heterocycles. The number of anilines is 2. The molecule has 0 atom stereocenters. The van der Waals surface area contributed by atoms with Crippen LogP contribution in [-0.4, -0.2) is 63.1 Å². The molecule has 9 nitrogen and oxygen atoms in total. The first-order chi connectivity index (χ1) is 22.8. The Balaban J connectivity index is 1.23. The number of aryl methyl sites for hydroxylation is 1. The van der Waals surface area contributed by atoms with E-state index in [1.807, 2.05) is 50.6 Å². The van der Waals surface area contributed by atoms with Gasteiger partial charge in [-0.15, -0.1) is 0 Å². The minimum atomic E-state index is -0.311. The van der Waals surface area contributed by atoms with Crippen LogP contribution in [0.2, 0.25) is 0 Å². The lowest BCUT2D eigenvalue weighted by Gasteiger charge is -2.13.